The molecule has 1 aliphatic heterocycles. The molecule has 0 saturated heterocycles. The lowest BCUT2D eigenvalue weighted by Gasteiger charge is -2.37. The summed E-state index contributed by atoms with van der Waals surface area (Å²) in [4.78, 5) is 31.0. The van der Waals surface area contributed by atoms with E-state index in [2.05, 4.69) is 5.32 Å². The maximum absolute atomic E-state index is 14.1. The molecule has 1 atom stereocenters. The molecule has 184 valence electrons. The van der Waals surface area contributed by atoms with Crippen LogP contribution < -0.4 is 10.1 Å². The van der Waals surface area contributed by atoms with Gasteiger partial charge in [0, 0.05) is 23.7 Å². The molecule has 4 rings (SSSR count). The summed E-state index contributed by atoms with van der Waals surface area (Å²) in [6.45, 7) is 5.03. The summed E-state index contributed by atoms with van der Waals surface area (Å²) in [7, 11) is 0. The van der Waals surface area contributed by atoms with E-state index in [0.29, 0.717) is 18.8 Å². The molecule has 1 aliphatic rings. The van der Waals surface area contributed by atoms with Crippen molar-refractivity contribution < 1.29 is 18.7 Å². The van der Waals surface area contributed by atoms with Crippen LogP contribution in [0.5, 0.6) is 5.75 Å². The Balaban J connectivity index is 1.48. The Bertz CT molecular complexity index is 1160. The Morgan fingerprint density at radius 2 is 1.94 bits per heavy atom. The Morgan fingerprint density at radius 1 is 1.17 bits per heavy atom. The SMILES string of the molecule is CCCN(CC(=O)N1CCc2sccc2C1COc1ccccc1F)C(=O)Nc1ccc(C)cc1. The van der Waals surface area contributed by atoms with Crippen LogP contribution >= 0.6 is 11.3 Å². The van der Waals surface area contributed by atoms with Crippen LogP contribution in [0.15, 0.2) is 60.0 Å². The number of urea groups is 1. The van der Waals surface area contributed by atoms with Crippen molar-refractivity contribution in [3.05, 3.63) is 81.8 Å². The number of hydrogen-bond acceptors (Lipinski definition) is 4. The first-order chi connectivity index (χ1) is 17.0. The molecule has 6 nitrogen and oxygen atoms in total. The molecule has 1 aromatic heterocycles. The van der Waals surface area contributed by atoms with Gasteiger partial charge in [0.15, 0.2) is 11.6 Å². The Hall–Kier alpha value is -3.39. The minimum Gasteiger partial charge on any atom is -0.488 e. The topological polar surface area (TPSA) is 61.9 Å². The van der Waals surface area contributed by atoms with Gasteiger partial charge >= 0.3 is 6.03 Å². The van der Waals surface area contributed by atoms with Gasteiger partial charge in [0.25, 0.3) is 0 Å². The second-order valence-electron chi connectivity index (χ2n) is 8.61. The van der Waals surface area contributed by atoms with Crippen LogP contribution in [0.25, 0.3) is 0 Å². The first-order valence-electron chi connectivity index (χ1n) is 11.8. The largest absolute Gasteiger partial charge is 0.488 e. The van der Waals surface area contributed by atoms with E-state index < -0.39 is 5.82 Å². The maximum atomic E-state index is 14.1. The fourth-order valence-corrected chi connectivity index (χ4v) is 5.15. The molecular formula is C27H30FN3O3S. The van der Waals surface area contributed by atoms with E-state index in [9.17, 15) is 14.0 Å². The first-order valence-corrected chi connectivity index (χ1v) is 12.7. The molecule has 35 heavy (non-hydrogen) atoms. The number of aryl methyl sites for hydroxylation is 1. The molecule has 0 saturated carbocycles. The van der Waals surface area contributed by atoms with Gasteiger partial charge in [-0.25, -0.2) is 9.18 Å². The Kier molecular flexibility index (Phi) is 8.02. The number of hydrogen-bond donors (Lipinski definition) is 1. The average molecular weight is 496 g/mol. The molecule has 3 amide bonds. The summed E-state index contributed by atoms with van der Waals surface area (Å²) >= 11 is 1.65. The van der Waals surface area contributed by atoms with E-state index in [1.165, 1.54) is 10.9 Å². The van der Waals surface area contributed by atoms with Crippen LogP contribution in [0.1, 0.15) is 35.4 Å². The van der Waals surface area contributed by atoms with Gasteiger partial charge in [0.05, 0.1) is 6.04 Å². The number of para-hydroxylation sites is 1. The number of nitrogens with zero attached hydrogens (tertiary/aromatic N) is 2. The van der Waals surface area contributed by atoms with Crippen molar-refractivity contribution in [3.8, 4) is 5.75 Å². The predicted octanol–water partition coefficient (Wildman–Crippen LogP) is 5.64. The molecule has 0 fully saturated rings. The van der Waals surface area contributed by atoms with Gasteiger partial charge in [0.2, 0.25) is 5.91 Å². The molecule has 0 bridgehead atoms. The summed E-state index contributed by atoms with van der Waals surface area (Å²) in [5.41, 5.74) is 2.81. The quantitative estimate of drug-likeness (QED) is 0.440. The third-order valence-corrected chi connectivity index (χ3v) is 7.05. The van der Waals surface area contributed by atoms with Crippen LogP contribution in [0.3, 0.4) is 0 Å². The molecule has 2 aromatic carbocycles. The van der Waals surface area contributed by atoms with Crippen LogP contribution in [0.4, 0.5) is 14.9 Å². The predicted molar refractivity (Wildman–Crippen MR) is 136 cm³/mol. The second-order valence-corrected chi connectivity index (χ2v) is 9.61. The molecule has 0 aliphatic carbocycles. The van der Waals surface area contributed by atoms with Crippen LogP contribution in [0, 0.1) is 12.7 Å². The molecule has 0 spiro atoms. The van der Waals surface area contributed by atoms with Gasteiger partial charge in [-0.3, -0.25) is 4.79 Å². The van der Waals surface area contributed by atoms with Crippen LogP contribution in [-0.2, 0) is 11.2 Å². The number of fused-ring (bicyclic) bond motifs is 1. The third kappa shape index (κ3) is 6.00. The number of anilines is 1. The third-order valence-electron chi connectivity index (χ3n) is 6.06. The highest BCUT2D eigenvalue weighted by atomic mass is 32.1. The summed E-state index contributed by atoms with van der Waals surface area (Å²) < 4.78 is 19.9. The van der Waals surface area contributed by atoms with E-state index in [1.807, 2.05) is 49.6 Å². The molecule has 8 heteroatoms. The highest BCUT2D eigenvalue weighted by molar-refractivity contribution is 7.10. The van der Waals surface area contributed by atoms with Crippen molar-refractivity contribution in [1.82, 2.24) is 9.80 Å². The number of ether oxygens (including phenoxy) is 1. The Labute approximate surface area is 209 Å². The lowest BCUT2D eigenvalue weighted by molar-refractivity contribution is -0.135. The minimum atomic E-state index is -0.436. The van der Waals surface area contributed by atoms with Crippen molar-refractivity contribution in [2.24, 2.45) is 0 Å². The van der Waals surface area contributed by atoms with Gasteiger partial charge in [-0.1, -0.05) is 36.8 Å². The van der Waals surface area contributed by atoms with Gasteiger partial charge < -0.3 is 19.9 Å². The molecule has 1 N–H and O–H groups in total. The van der Waals surface area contributed by atoms with E-state index >= 15 is 0 Å². The highest BCUT2D eigenvalue weighted by Gasteiger charge is 2.33. The number of halogens is 1. The number of nitrogens with one attached hydrogen (secondary N) is 1. The van der Waals surface area contributed by atoms with E-state index in [4.69, 9.17) is 4.74 Å². The molecule has 1 unspecified atom stereocenters. The number of carbonyl (C=O) groups excluding carboxylic acids is 2. The zero-order valence-corrected chi connectivity index (χ0v) is 20.8. The van der Waals surface area contributed by atoms with Crippen molar-refractivity contribution in [2.45, 2.75) is 32.7 Å². The second kappa shape index (κ2) is 11.4. The van der Waals surface area contributed by atoms with Gasteiger partial charge in [0.1, 0.15) is 13.2 Å². The van der Waals surface area contributed by atoms with E-state index in [-0.39, 0.29) is 36.9 Å². The number of rotatable bonds is 8. The summed E-state index contributed by atoms with van der Waals surface area (Å²) in [6, 6.07) is 15.2. The van der Waals surface area contributed by atoms with E-state index in [1.54, 1.807) is 39.3 Å². The number of thiophene rings is 1. The zero-order chi connectivity index (χ0) is 24.8. The van der Waals surface area contributed by atoms with Gasteiger partial charge in [-0.2, -0.15) is 0 Å². The van der Waals surface area contributed by atoms with Crippen molar-refractivity contribution in [3.63, 3.8) is 0 Å². The molecule has 3 aromatic rings. The smallest absolute Gasteiger partial charge is 0.322 e. The fraction of sp³-hybridized carbons (Fsp3) is 0.333. The fourth-order valence-electron chi connectivity index (χ4n) is 4.22. The number of carbonyl (C=O) groups is 2. The molecular weight excluding hydrogens is 465 g/mol. The normalized spacial score (nSPS) is 14.8. The lowest BCUT2D eigenvalue weighted by Crippen LogP contribution is -2.48. The maximum Gasteiger partial charge on any atom is 0.322 e. The monoisotopic (exact) mass is 495 g/mol. The summed E-state index contributed by atoms with van der Waals surface area (Å²) in [5, 5.41) is 4.90. The standard InChI is InChI=1S/C27H30FN3O3S/c1-3-14-30(27(33)29-20-10-8-19(2)9-11-20)17-26(32)31-15-12-25-21(13-16-35-25)23(31)18-34-24-7-5-4-6-22(24)28/h4-11,13,16,23H,3,12,14-15,17-18H2,1-2H3,(H,29,33). The van der Waals surface area contributed by atoms with Crippen molar-refractivity contribution in [2.75, 3.05) is 31.6 Å². The number of amides is 3. The van der Waals surface area contributed by atoms with Crippen LogP contribution in [-0.4, -0.2) is 48.0 Å². The van der Waals surface area contributed by atoms with Gasteiger partial charge in [-0.05, 0) is 61.0 Å². The number of benzene rings is 2. The average Bonchev–Trinajstić information content (AvgIpc) is 3.33. The van der Waals surface area contributed by atoms with Crippen LogP contribution in [0.2, 0.25) is 0 Å². The summed E-state index contributed by atoms with van der Waals surface area (Å²) in [5.74, 6) is -0.433. The highest BCUT2D eigenvalue weighted by Crippen LogP contribution is 2.34. The summed E-state index contributed by atoms with van der Waals surface area (Å²) in [6.07, 6.45) is 1.47. The molecule has 0 radical (unpaired) electrons. The zero-order valence-electron chi connectivity index (χ0n) is 20.0. The molecule has 2 heterocycles. The van der Waals surface area contributed by atoms with Crippen molar-refractivity contribution in [1.29, 1.82) is 0 Å². The Morgan fingerprint density at radius 3 is 2.69 bits per heavy atom. The minimum absolute atomic E-state index is 0.0405. The van der Waals surface area contributed by atoms with Crippen molar-refractivity contribution >= 4 is 29.0 Å². The lowest BCUT2D eigenvalue weighted by atomic mass is 10.0. The van der Waals surface area contributed by atoms with E-state index in [0.717, 1.165) is 24.0 Å². The van der Waals surface area contributed by atoms with Gasteiger partial charge in [-0.15, -0.1) is 11.3 Å². The first kappa shape index (κ1) is 24.7.